The van der Waals surface area contributed by atoms with Crippen LogP contribution in [0.2, 0.25) is 5.02 Å². The van der Waals surface area contributed by atoms with Crippen molar-refractivity contribution in [2.45, 2.75) is 13.0 Å². The number of carbonyl (C=O) groups excluding carboxylic acids is 1. The van der Waals surface area contributed by atoms with Gasteiger partial charge in [0.15, 0.2) is 6.54 Å². The van der Waals surface area contributed by atoms with Crippen molar-refractivity contribution in [2.75, 3.05) is 19.0 Å². The number of nitrogens with zero attached hydrogens (tertiary/aromatic N) is 1. The summed E-state index contributed by atoms with van der Waals surface area (Å²) in [6.45, 7) is 2.28. The lowest BCUT2D eigenvalue weighted by Crippen LogP contribution is -2.86. The van der Waals surface area contributed by atoms with Gasteiger partial charge in [-0.15, -0.1) is 0 Å². The zero-order valence-corrected chi connectivity index (χ0v) is 14.3. The van der Waals surface area contributed by atoms with E-state index in [1.54, 1.807) is 25.3 Å². The second-order valence-corrected chi connectivity index (χ2v) is 5.73. The number of hydrogen-bond donors (Lipinski definition) is 2. The van der Waals surface area contributed by atoms with E-state index in [1.807, 2.05) is 42.6 Å². The van der Waals surface area contributed by atoms with Crippen LogP contribution in [0.25, 0.3) is 0 Å². The molecule has 0 bridgehead atoms. The van der Waals surface area contributed by atoms with Gasteiger partial charge in [0.25, 0.3) is 5.91 Å². The Balaban J connectivity index is 1.93. The SMILES string of the molecule is COc1ccccc1[C@@H](C)[NH2+]CC(=O)Nc1ccc(C#N)c(Cl)c1. The highest BCUT2D eigenvalue weighted by molar-refractivity contribution is 6.32. The van der Waals surface area contributed by atoms with Gasteiger partial charge in [-0.3, -0.25) is 4.79 Å². The molecule has 0 aliphatic rings. The van der Waals surface area contributed by atoms with Crippen LogP contribution >= 0.6 is 11.6 Å². The second kappa shape index (κ2) is 8.34. The smallest absolute Gasteiger partial charge is 0.279 e. The lowest BCUT2D eigenvalue weighted by molar-refractivity contribution is -0.682. The average Bonchev–Trinajstić information content (AvgIpc) is 2.59. The van der Waals surface area contributed by atoms with Gasteiger partial charge in [0.05, 0.1) is 23.3 Å². The van der Waals surface area contributed by atoms with Gasteiger partial charge in [0.2, 0.25) is 0 Å². The first-order valence-corrected chi connectivity index (χ1v) is 7.88. The van der Waals surface area contributed by atoms with Crippen LogP contribution in [0.3, 0.4) is 0 Å². The molecule has 0 aromatic heterocycles. The number of methoxy groups -OCH3 is 1. The van der Waals surface area contributed by atoms with E-state index in [2.05, 4.69) is 5.32 Å². The Morgan fingerprint density at radius 2 is 2.12 bits per heavy atom. The van der Waals surface area contributed by atoms with Crippen LogP contribution in [0.15, 0.2) is 42.5 Å². The van der Waals surface area contributed by atoms with Crippen molar-refractivity contribution in [3.05, 3.63) is 58.6 Å². The summed E-state index contributed by atoms with van der Waals surface area (Å²) in [5, 5.41) is 13.9. The highest BCUT2D eigenvalue weighted by Gasteiger charge is 2.15. The summed E-state index contributed by atoms with van der Waals surface area (Å²) >= 11 is 5.96. The lowest BCUT2D eigenvalue weighted by atomic mass is 10.1. The molecule has 124 valence electrons. The van der Waals surface area contributed by atoms with Gasteiger partial charge in [-0.25, -0.2) is 0 Å². The molecule has 0 fully saturated rings. The van der Waals surface area contributed by atoms with E-state index in [1.165, 1.54) is 0 Å². The van der Waals surface area contributed by atoms with Gasteiger partial charge in [0, 0.05) is 5.69 Å². The monoisotopic (exact) mass is 344 g/mol. The first-order chi connectivity index (χ1) is 11.5. The Morgan fingerprint density at radius 3 is 2.79 bits per heavy atom. The molecule has 2 rings (SSSR count). The number of quaternary nitrogens is 1. The third-order valence-corrected chi connectivity index (χ3v) is 3.97. The molecule has 2 aromatic rings. The average molecular weight is 345 g/mol. The van der Waals surface area contributed by atoms with Crippen LogP contribution in [0.5, 0.6) is 5.75 Å². The van der Waals surface area contributed by atoms with Crippen molar-refractivity contribution >= 4 is 23.2 Å². The van der Waals surface area contributed by atoms with E-state index in [0.29, 0.717) is 16.3 Å². The third kappa shape index (κ3) is 4.48. The summed E-state index contributed by atoms with van der Waals surface area (Å²) in [4.78, 5) is 12.1. The topological polar surface area (TPSA) is 78.7 Å². The number of carbonyl (C=O) groups is 1. The van der Waals surface area contributed by atoms with Gasteiger partial charge >= 0.3 is 0 Å². The van der Waals surface area contributed by atoms with E-state index in [9.17, 15) is 4.79 Å². The number of ether oxygens (including phenoxy) is 1. The Bertz CT molecular complexity index is 771. The number of halogens is 1. The van der Waals surface area contributed by atoms with Crippen molar-refractivity contribution in [3.63, 3.8) is 0 Å². The Morgan fingerprint density at radius 1 is 1.38 bits per heavy atom. The molecule has 3 N–H and O–H groups in total. The number of amides is 1. The molecule has 0 saturated carbocycles. The molecule has 0 radical (unpaired) electrons. The molecule has 0 saturated heterocycles. The fraction of sp³-hybridized carbons (Fsp3) is 0.222. The molecule has 0 spiro atoms. The summed E-state index contributed by atoms with van der Waals surface area (Å²) in [6, 6.07) is 14.6. The molecule has 5 nitrogen and oxygen atoms in total. The van der Waals surface area contributed by atoms with Crippen LogP contribution < -0.4 is 15.4 Å². The predicted octanol–water partition coefficient (Wildman–Crippen LogP) is 2.48. The summed E-state index contributed by atoms with van der Waals surface area (Å²) in [7, 11) is 1.63. The molecule has 2 aromatic carbocycles. The zero-order chi connectivity index (χ0) is 17.5. The van der Waals surface area contributed by atoms with Gasteiger partial charge in [0.1, 0.15) is 17.9 Å². The van der Waals surface area contributed by atoms with E-state index in [4.69, 9.17) is 21.6 Å². The summed E-state index contributed by atoms with van der Waals surface area (Å²) in [5.41, 5.74) is 1.99. The van der Waals surface area contributed by atoms with Crippen molar-refractivity contribution < 1.29 is 14.8 Å². The van der Waals surface area contributed by atoms with Crippen molar-refractivity contribution in [1.82, 2.24) is 0 Å². The second-order valence-electron chi connectivity index (χ2n) is 5.33. The summed E-state index contributed by atoms with van der Waals surface area (Å²) < 4.78 is 5.34. The Kier molecular flexibility index (Phi) is 6.19. The Hall–Kier alpha value is -2.55. The molecular formula is C18H19ClN3O2+. The van der Waals surface area contributed by atoms with Crippen LogP contribution in [-0.2, 0) is 4.79 Å². The number of benzene rings is 2. The van der Waals surface area contributed by atoms with Gasteiger partial charge in [-0.2, -0.15) is 5.26 Å². The number of hydrogen-bond acceptors (Lipinski definition) is 3. The van der Waals surface area contributed by atoms with E-state index in [-0.39, 0.29) is 18.5 Å². The van der Waals surface area contributed by atoms with Crippen LogP contribution in [0.4, 0.5) is 5.69 Å². The van der Waals surface area contributed by atoms with E-state index in [0.717, 1.165) is 11.3 Å². The highest BCUT2D eigenvalue weighted by Crippen LogP contribution is 2.22. The highest BCUT2D eigenvalue weighted by atomic mass is 35.5. The molecular weight excluding hydrogens is 326 g/mol. The minimum Gasteiger partial charge on any atom is -0.496 e. The van der Waals surface area contributed by atoms with Crippen molar-refractivity contribution in [3.8, 4) is 11.8 Å². The van der Waals surface area contributed by atoms with Gasteiger partial charge in [-0.1, -0.05) is 23.7 Å². The van der Waals surface area contributed by atoms with Crippen LogP contribution in [0.1, 0.15) is 24.1 Å². The van der Waals surface area contributed by atoms with Crippen molar-refractivity contribution in [1.29, 1.82) is 5.26 Å². The fourth-order valence-electron chi connectivity index (χ4n) is 2.35. The standard InChI is InChI=1S/C18H18ClN3O2/c1-12(15-5-3-4-6-17(15)24-2)21-11-18(23)22-14-8-7-13(10-20)16(19)9-14/h3-9,12,21H,11H2,1-2H3,(H,22,23)/p+1/t12-/m1/s1. The molecule has 6 heteroatoms. The summed E-state index contributed by atoms with van der Waals surface area (Å²) in [6.07, 6.45) is 0. The number of rotatable bonds is 6. The Labute approximate surface area is 146 Å². The van der Waals surface area contributed by atoms with Crippen molar-refractivity contribution in [2.24, 2.45) is 0 Å². The fourth-order valence-corrected chi connectivity index (χ4v) is 2.57. The van der Waals surface area contributed by atoms with Crippen LogP contribution in [0, 0.1) is 11.3 Å². The van der Waals surface area contributed by atoms with Gasteiger partial charge < -0.3 is 15.4 Å². The maximum absolute atomic E-state index is 12.1. The number of anilines is 1. The number of nitriles is 1. The molecule has 1 amide bonds. The maximum atomic E-state index is 12.1. The summed E-state index contributed by atoms with van der Waals surface area (Å²) in [5.74, 6) is 0.665. The zero-order valence-electron chi connectivity index (χ0n) is 13.5. The number of nitrogens with one attached hydrogen (secondary N) is 1. The largest absolute Gasteiger partial charge is 0.496 e. The predicted molar refractivity (Wildman–Crippen MR) is 93.0 cm³/mol. The first-order valence-electron chi connectivity index (χ1n) is 7.51. The molecule has 1 atom stereocenters. The van der Waals surface area contributed by atoms with Gasteiger partial charge in [-0.05, 0) is 37.3 Å². The van der Waals surface area contributed by atoms with E-state index >= 15 is 0 Å². The normalized spacial score (nSPS) is 11.4. The molecule has 0 aliphatic carbocycles. The molecule has 24 heavy (non-hydrogen) atoms. The quantitative estimate of drug-likeness (QED) is 0.845. The first kappa shape index (κ1) is 17.8. The third-order valence-electron chi connectivity index (χ3n) is 3.66. The molecule has 0 unspecified atom stereocenters. The number of para-hydroxylation sites is 1. The van der Waals surface area contributed by atoms with Crippen LogP contribution in [-0.4, -0.2) is 19.6 Å². The lowest BCUT2D eigenvalue weighted by Gasteiger charge is -2.14. The molecule has 0 heterocycles. The molecule has 0 aliphatic heterocycles. The number of nitrogens with two attached hydrogens (primary N) is 1. The minimum atomic E-state index is -0.141. The minimum absolute atomic E-state index is 0.0800. The van der Waals surface area contributed by atoms with E-state index < -0.39 is 0 Å². The maximum Gasteiger partial charge on any atom is 0.279 e.